The molecule has 4 N–H and O–H groups in total. The average molecular weight is 478 g/mol. The number of aromatic nitrogens is 2. The number of hydrogen-bond donors (Lipinski definition) is 4. The van der Waals surface area contributed by atoms with Crippen LogP contribution in [0.2, 0.25) is 0 Å². The predicted octanol–water partition coefficient (Wildman–Crippen LogP) is 2.07. The molecule has 1 aromatic heterocycles. The summed E-state index contributed by atoms with van der Waals surface area (Å²) < 4.78 is 33.1. The number of amidine groups is 1. The maximum Gasteiger partial charge on any atom is 0.349 e. The Bertz CT molecular complexity index is 995. The number of carbonyl (C=O) groups is 1. The van der Waals surface area contributed by atoms with Gasteiger partial charge in [0.15, 0.2) is 5.69 Å². The number of anilines is 2. The molecular weight excluding hydrogens is 461 g/mol. The highest BCUT2D eigenvalue weighted by atomic mass is 79.9. The molecule has 14 heteroatoms. The van der Waals surface area contributed by atoms with Gasteiger partial charge in [-0.2, -0.15) is 0 Å². The smallest absolute Gasteiger partial charge is 0.349 e. The zero-order valence-electron chi connectivity index (χ0n) is 14.8. The lowest BCUT2D eigenvalue weighted by Gasteiger charge is -2.08. The Morgan fingerprint density at radius 2 is 2.11 bits per heavy atom. The van der Waals surface area contributed by atoms with Crippen molar-refractivity contribution in [2.24, 2.45) is 9.52 Å². The first-order valence-electron chi connectivity index (χ1n) is 7.65. The van der Waals surface area contributed by atoms with Crippen LogP contribution in [0.15, 0.2) is 36.8 Å². The summed E-state index contributed by atoms with van der Waals surface area (Å²) in [5, 5.41) is 27.7. The third kappa shape index (κ3) is 6.45. The minimum absolute atomic E-state index is 0.0593. The van der Waals surface area contributed by atoms with Crippen LogP contribution in [0.5, 0.6) is 0 Å². The average Bonchev–Trinajstić information content (AvgIpc) is 3.06. The fourth-order valence-corrected chi connectivity index (χ4v) is 2.73. The van der Waals surface area contributed by atoms with Gasteiger partial charge < -0.3 is 21.2 Å². The SMILES string of the molecule is CS(C)(=O)=NC(=O)NCCNc1nonc1/C(=N/O)Nc1ccc(F)c(Br)c1. The highest BCUT2D eigenvalue weighted by Crippen LogP contribution is 2.21. The second-order valence-electron chi connectivity index (χ2n) is 5.60. The van der Waals surface area contributed by atoms with Crippen molar-refractivity contribution in [3.05, 3.63) is 34.2 Å². The van der Waals surface area contributed by atoms with Crippen molar-refractivity contribution in [3.8, 4) is 0 Å². The molecule has 0 aliphatic rings. The second-order valence-corrected chi connectivity index (χ2v) is 8.99. The normalized spacial score (nSPS) is 11.8. The van der Waals surface area contributed by atoms with Crippen molar-refractivity contribution in [2.45, 2.75) is 0 Å². The third-order valence-corrected chi connectivity index (χ3v) is 4.20. The van der Waals surface area contributed by atoms with Crippen LogP contribution < -0.4 is 16.0 Å². The first-order chi connectivity index (χ1) is 13.2. The van der Waals surface area contributed by atoms with Crippen molar-refractivity contribution in [2.75, 3.05) is 36.2 Å². The van der Waals surface area contributed by atoms with Crippen LogP contribution in [0.3, 0.4) is 0 Å². The van der Waals surface area contributed by atoms with Crippen molar-refractivity contribution in [1.82, 2.24) is 15.6 Å². The van der Waals surface area contributed by atoms with E-state index in [0.29, 0.717) is 5.69 Å². The molecule has 0 unspecified atom stereocenters. The lowest BCUT2D eigenvalue weighted by atomic mass is 10.3. The molecule has 28 heavy (non-hydrogen) atoms. The van der Waals surface area contributed by atoms with Crippen LogP contribution in [0.1, 0.15) is 5.69 Å². The minimum Gasteiger partial charge on any atom is -0.409 e. The molecule has 1 aromatic carbocycles. The van der Waals surface area contributed by atoms with Gasteiger partial charge in [0.1, 0.15) is 5.82 Å². The van der Waals surface area contributed by atoms with Gasteiger partial charge in [-0.15, -0.1) is 4.36 Å². The zero-order chi connectivity index (χ0) is 20.7. The predicted molar refractivity (Wildman–Crippen MR) is 105 cm³/mol. The second kappa shape index (κ2) is 9.45. The van der Waals surface area contributed by atoms with Crippen molar-refractivity contribution in [3.63, 3.8) is 0 Å². The summed E-state index contributed by atoms with van der Waals surface area (Å²) in [6, 6.07) is 3.40. The van der Waals surface area contributed by atoms with Gasteiger partial charge in [-0.25, -0.2) is 18.0 Å². The van der Waals surface area contributed by atoms with Gasteiger partial charge in [0.05, 0.1) is 14.2 Å². The molecule has 1 heterocycles. The van der Waals surface area contributed by atoms with E-state index in [2.05, 4.69) is 56.3 Å². The fraction of sp³-hybridized carbons (Fsp3) is 0.286. The first kappa shape index (κ1) is 21.6. The summed E-state index contributed by atoms with van der Waals surface area (Å²) in [4.78, 5) is 11.5. The zero-order valence-corrected chi connectivity index (χ0v) is 17.2. The van der Waals surface area contributed by atoms with Crippen LogP contribution in [0.4, 0.5) is 20.7 Å². The van der Waals surface area contributed by atoms with Crippen molar-refractivity contribution in [1.29, 1.82) is 0 Å². The van der Waals surface area contributed by atoms with Crippen LogP contribution >= 0.6 is 15.9 Å². The highest BCUT2D eigenvalue weighted by molar-refractivity contribution is 9.10. The molecule has 0 bridgehead atoms. The molecule has 2 rings (SSSR count). The summed E-state index contributed by atoms with van der Waals surface area (Å²) in [7, 11) is -2.53. The Morgan fingerprint density at radius 1 is 1.36 bits per heavy atom. The Kier molecular flexibility index (Phi) is 7.28. The van der Waals surface area contributed by atoms with E-state index < -0.39 is 21.6 Å². The molecule has 0 radical (unpaired) electrons. The number of hydrogen-bond acceptors (Lipinski definition) is 8. The fourth-order valence-electron chi connectivity index (χ4n) is 1.88. The van der Waals surface area contributed by atoms with Gasteiger partial charge >= 0.3 is 6.03 Å². The summed E-state index contributed by atoms with van der Waals surface area (Å²) in [6.07, 6.45) is 2.70. The molecule has 0 aliphatic carbocycles. The molecule has 0 saturated carbocycles. The summed E-state index contributed by atoms with van der Waals surface area (Å²) >= 11 is 3.06. The third-order valence-electron chi connectivity index (χ3n) is 2.99. The maximum absolute atomic E-state index is 13.3. The summed E-state index contributed by atoms with van der Waals surface area (Å²) in [6.45, 7) is 0.353. The Labute approximate surface area is 168 Å². The standard InChI is InChI=1S/C14H17BrFN7O4S/c1-28(2,26)23-14(24)18-6-5-17-12-11(21-27-22-12)13(20-25)19-8-3-4-10(16)9(15)7-8/h3-4,7,25H,5-6H2,1-2H3,(H,17,22)(H,18,24)(H,19,20). The van der Waals surface area contributed by atoms with Gasteiger partial charge in [0.2, 0.25) is 11.7 Å². The van der Waals surface area contributed by atoms with Crippen LogP contribution in [-0.4, -0.2) is 57.2 Å². The largest absolute Gasteiger partial charge is 0.409 e. The first-order valence-corrected chi connectivity index (χ1v) is 10.8. The number of rotatable bonds is 6. The molecular formula is C14H17BrFN7O4S. The number of nitrogens with one attached hydrogen (secondary N) is 3. The molecule has 2 amide bonds. The van der Waals surface area contributed by atoms with Crippen LogP contribution in [-0.2, 0) is 9.73 Å². The van der Waals surface area contributed by atoms with E-state index in [1.54, 1.807) is 0 Å². The van der Waals surface area contributed by atoms with Crippen LogP contribution in [0, 0.1) is 5.82 Å². The molecule has 2 aromatic rings. The van der Waals surface area contributed by atoms with E-state index in [4.69, 9.17) is 0 Å². The summed E-state index contributed by atoms with van der Waals surface area (Å²) in [5.41, 5.74) is 0.482. The van der Waals surface area contributed by atoms with E-state index in [1.807, 2.05) is 0 Å². The van der Waals surface area contributed by atoms with Crippen LogP contribution in [0.25, 0.3) is 0 Å². The molecule has 0 saturated heterocycles. The number of nitrogens with zero attached hydrogens (tertiary/aromatic N) is 4. The number of carbonyl (C=O) groups excluding carboxylic acids is 1. The highest BCUT2D eigenvalue weighted by Gasteiger charge is 2.18. The van der Waals surface area contributed by atoms with Crippen molar-refractivity contribution >= 4 is 49.0 Å². The number of benzene rings is 1. The Balaban J connectivity index is 1.98. The van der Waals surface area contributed by atoms with E-state index in [-0.39, 0.29) is 34.9 Å². The molecule has 152 valence electrons. The monoisotopic (exact) mass is 477 g/mol. The molecule has 11 nitrogen and oxygen atoms in total. The number of halogens is 2. The number of amides is 2. The van der Waals surface area contributed by atoms with Crippen molar-refractivity contribution < 1.29 is 23.2 Å². The molecule has 0 atom stereocenters. The van der Waals surface area contributed by atoms with E-state index in [1.165, 1.54) is 30.7 Å². The maximum atomic E-state index is 13.3. The molecule has 0 spiro atoms. The quantitative estimate of drug-likeness (QED) is 0.162. The summed E-state index contributed by atoms with van der Waals surface area (Å²) in [5.74, 6) is -0.408. The van der Waals surface area contributed by atoms with Gasteiger partial charge in [0.25, 0.3) is 0 Å². The van der Waals surface area contributed by atoms with E-state index in [0.717, 1.165) is 0 Å². The Morgan fingerprint density at radius 3 is 2.75 bits per heavy atom. The lowest BCUT2D eigenvalue weighted by molar-refractivity contribution is 0.250. The van der Waals surface area contributed by atoms with E-state index in [9.17, 15) is 18.6 Å². The van der Waals surface area contributed by atoms with Gasteiger partial charge in [-0.1, -0.05) is 5.16 Å². The topological polar surface area (TPSA) is 154 Å². The Hall–Kier alpha value is -2.74. The molecule has 0 aliphatic heterocycles. The van der Waals surface area contributed by atoms with Gasteiger partial charge in [-0.3, -0.25) is 0 Å². The number of oxime groups is 1. The lowest BCUT2D eigenvalue weighted by Crippen LogP contribution is -2.27. The van der Waals surface area contributed by atoms with E-state index >= 15 is 0 Å². The number of urea groups is 1. The van der Waals surface area contributed by atoms with Gasteiger partial charge in [0, 0.05) is 31.3 Å². The minimum atomic E-state index is -2.53. The van der Waals surface area contributed by atoms with Gasteiger partial charge in [-0.05, 0) is 44.4 Å². The molecule has 0 fully saturated rings.